The Balaban J connectivity index is 1.73. The number of pyridine rings is 1. The van der Waals surface area contributed by atoms with Gasteiger partial charge in [0.15, 0.2) is 0 Å². The van der Waals surface area contributed by atoms with Crippen LogP contribution in [0.5, 0.6) is 5.75 Å². The maximum absolute atomic E-state index is 11.7. The first kappa shape index (κ1) is 16.7. The van der Waals surface area contributed by atoms with E-state index >= 15 is 0 Å². The molecule has 0 fully saturated rings. The molecule has 0 saturated heterocycles. The van der Waals surface area contributed by atoms with E-state index < -0.39 is 0 Å². The van der Waals surface area contributed by atoms with Gasteiger partial charge >= 0.3 is 5.97 Å². The summed E-state index contributed by atoms with van der Waals surface area (Å²) in [6.45, 7) is 2.35. The molecule has 0 bridgehead atoms. The molecule has 0 N–H and O–H groups in total. The van der Waals surface area contributed by atoms with E-state index in [0.717, 1.165) is 35.5 Å². The van der Waals surface area contributed by atoms with Gasteiger partial charge in [-0.2, -0.15) is 0 Å². The fourth-order valence-electron chi connectivity index (χ4n) is 2.12. The number of nitrogens with zero attached hydrogens (tertiary/aromatic N) is 1. The molecule has 4 nitrogen and oxygen atoms in total. The van der Waals surface area contributed by atoms with Crippen molar-refractivity contribution in [2.75, 3.05) is 13.7 Å². The minimum absolute atomic E-state index is 0.343. The van der Waals surface area contributed by atoms with Gasteiger partial charge in [-0.1, -0.05) is 18.2 Å². The smallest absolute Gasteiger partial charge is 0.330 e. The number of hydrogen-bond acceptors (Lipinski definition) is 4. The second kappa shape index (κ2) is 8.73. The predicted octanol–water partition coefficient (Wildman–Crippen LogP) is 3.59. The highest BCUT2D eigenvalue weighted by Crippen LogP contribution is 2.13. The maximum atomic E-state index is 11.7. The van der Waals surface area contributed by atoms with E-state index in [1.165, 1.54) is 6.08 Å². The quantitative estimate of drug-likeness (QED) is 0.445. The lowest BCUT2D eigenvalue weighted by Crippen LogP contribution is -2.04. The van der Waals surface area contributed by atoms with Gasteiger partial charge in [0.05, 0.1) is 13.7 Å². The topological polar surface area (TPSA) is 48.4 Å². The van der Waals surface area contributed by atoms with Crippen LogP contribution in [0.3, 0.4) is 0 Å². The molecule has 0 aliphatic carbocycles. The van der Waals surface area contributed by atoms with Crippen LogP contribution in [0.25, 0.3) is 6.08 Å². The van der Waals surface area contributed by atoms with Crippen LogP contribution in [-0.2, 0) is 16.0 Å². The van der Waals surface area contributed by atoms with Gasteiger partial charge in [-0.25, -0.2) is 4.79 Å². The molecule has 0 saturated carbocycles. The fourth-order valence-corrected chi connectivity index (χ4v) is 2.12. The number of carbonyl (C=O) groups is 1. The van der Waals surface area contributed by atoms with Crippen LogP contribution < -0.4 is 4.74 Å². The van der Waals surface area contributed by atoms with E-state index in [2.05, 4.69) is 4.98 Å². The van der Waals surface area contributed by atoms with Crippen molar-refractivity contribution in [3.63, 3.8) is 0 Å². The Kier molecular flexibility index (Phi) is 6.36. The Morgan fingerprint density at radius 3 is 2.83 bits per heavy atom. The first-order valence-corrected chi connectivity index (χ1v) is 7.59. The highest BCUT2D eigenvalue weighted by molar-refractivity contribution is 5.87. The molecule has 120 valence electrons. The zero-order valence-electron chi connectivity index (χ0n) is 13.5. The van der Waals surface area contributed by atoms with E-state index in [0.29, 0.717) is 6.61 Å². The maximum Gasteiger partial charge on any atom is 0.330 e. The average molecular weight is 311 g/mol. The fraction of sp³-hybridized carbons (Fsp3) is 0.263. The van der Waals surface area contributed by atoms with Crippen molar-refractivity contribution >= 4 is 12.0 Å². The van der Waals surface area contributed by atoms with Crippen molar-refractivity contribution in [1.82, 2.24) is 4.98 Å². The second-order valence-electron chi connectivity index (χ2n) is 5.15. The average Bonchev–Trinajstić information content (AvgIpc) is 2.57. The van der Waals surface area contributed by atoms with E-state index in [4.69, 9.17) is 9.47 Å². The zero-order chi connectivity index (χ0) is 16.5. The molecular weight excluding hydrogens is 290 g/mol. The molecule has 0 aliphatic rings. The summed E-state index contributed by atoms with van der Waals surface area (Å²) in [5, 5.41) is 0. The van der Waals surface area contributed by atoms with Crippen molar-refractivity contribution in [3.8, 4) is 5.75 Å². The lowest BCUT2D eigenvalue weighted by Gasteiger charge is -2.03. The third-order valence-electron chi connectivity index (χ3n) is 3.27. The number of aromatic nitrogens is 1. The summed E-state index contributed by atoms with van der Waals surface area (Å²) in [5.74, 6) is 0.413. The summed E-state index contributed by atoms with van der Waals surface area (Å²) in [5.41, 5.74) is 2.92. The Labute approximate surface area is 136 Å². The second-order valence-corrected chi connectivity index (χ2v) is 5.15. The summed E-state index contributed by atoms with van der Waals surface area (Å²) >= 11 is 0. The summed E-state index contributed by atoms with van der Waals surface area (Å²) in [6.07, 6.45) is 4.70. The standard InChI is InChI=1S/C19H21NO3/c1-15-6-3-8-17(20-15)9-5-13-23-19(21)12-11-16-7-4-10-18(14-16)22-2/h3-4,6-8,10-12,14H,5,9,13H2,1-2H3. The van der Waals surface area contributed by atoms with Crippen molar-refractivity contribution in [3.05, 3.63) is 65.5 Å². The predicted molar refractivity (Wildman–Crippen MR) is 90.3 cm³/mol. The number of carbonyl (C=O) groups excluding carboxylic acids is 1. The van der Waals surface area contributed by atoms with Gasteiger partial charge in [0, 0.05) is 17.5 Å². The highest BCUT2D eigenvalue weighted by Gasteiger charge is 2.00. The number of rotatable bonds is 7. The van der Waals surface area contributed by atoms with Crippen molar-refractivity contribution in [2.24, 2.45) is 0 Å². The summed E-state index contributed by atoms with van der Waals surface area (Å²) in [7, 11) is 1.61. The number of ether oxygens (including phenoxy) is 2. The number of benzene rings is 1. The third kappa shape index (κ3) is 5.94. The van der Waals surface area contributed by atoms with E-state index in [9.17, 15) is 4.79 Å². The number of esters is 1. The van der Waals surface area contributed by atoms with Gasteiger partial charge in [0.2, 0.25) is 0 Å². The molecule has 0 amide bonds. The molecule has 2 rings (SSSR count). The van der Waals surface area contributed by atoms with E-state index in [-0.39, 0.29) is 5.97 Å². The van der Waals surface area contributed by atoms with Crippen LogP contribution in [0.15, 0.2) is 48.5 Å². The van der Waals surface area contributed by atoms with E-state index in [1.54, 1.807) is 13.2 Å². The first-order chi connectivity index (χ1) is 11.2. The number of hydrogen-bond donors (Lipinski definition) is 0. The van der Waals surface area contributed by atoms with Crippen LogP contribution >= 0.6 is 0 Å². The normalized spacial score (nSPS) is 10.7. The van der Waals surface area contributed by atoms with Gasteiger partial charge in [0.25, 0.3) is 0 Å². The van der Waals surface area contributed by atoms with Gasteiger partial charge in [-0.05, 0) is 55.7 Å². The molecule has 1 aromatic heterocycles. The van der Waals surface area contributed by atoms with Crippen LogP contribution in [0.1, 0.15) is 23.4 Å². The van der Waals surface area contributed by atoms with Crippen LogP contribution in [0.2, 0.25) is 0 Å². The number of methoxy groups -OCH3 is 1. The SMILES string of the molecule is COc1cccc(C=CC(=O)OCCCc2cccc(C)n2)c1. The highest BCUT2D eigenvalue weighted by atomic mass is 16.5. The Morgan fingerprint density at radius 2 is 2.04 bits per heavy atom. The van der Waals surface area contributed by atoms with Crippen LogP contribution in [0.4, 0.5) is 0 Å². The molecular formula is C19H21NO3. The van der Waals surface area contributed by atoms with Crippen LogP contribution in [-0.4, -0.2) is 24.7 Å². The monoisotopic (exact) mass is 311 g/mol. The molecule has 23 heavy (non-hydrogen) atoms. The molecule has 0 aliphatic heterocycles. The largest absolute Gasteiger partial charge is 0.497 e. The lowest BCUT2D eigenvalue weighted by atomic mass is 10.2. The molecule has 1 heterocycles. The molecule has 1 aromatic carbocycles. The lowest BCUT2D eigenvalue weighted by molar-refractivity contribution is -0.137. The number of aryl methyl sites for hydroxylation is 2. The molecule has 4 heteroatoms. The van der Waals surface area contributed by atoms with Gasteiger partial charge in [-0.15, -0.1) is 0 Å². The third-order valence-corrected chi connectivity index (χ3v) is 3.27. The summed E-state index contributed by atoms with van der Waals surface area (Å²) in [6, 6.07) is 13.4. The Bertz CT molecular complexity index is 680. The van der Waals surface area contributed by atoms with Gasteiger partial charge < -0.3 is 9.47 Å². The Hall–Kier alpha value is -2.62. The van der Waals surface area contributed by atoms with E-state index in [1.807, 2.05) is 49.4 Å². The van der Waals surface area contributed by atoms with Crippen molar-refractivity contribution in [2.45, 2.75) is 19.8 Å². The molecule has 2 aromatic rings. The molecule has 0 spiro atoms. The molecule has 0 unspecified atom stereocenters. The van der Waals surface area contributed by atoms with Gasteiger partial charge in [0.1, 0.15) is 5.75 Å². The summed E-state index contributed by atoms with van der Waals surface area (Å²) < 4.78 is 10.3. The van der Waals surface area contributed by atoms with Crippen molar-refractivity contribution < 1.29 is 14.3 Å². The van der Waals surface area contributed by atoms with Crippen molar-refractivity contribution in [1.29, 1.82) is 0 Å². The first-order valence-electron chi connectivity index (χ1n) is 7.59. The van der Waals surface area contributed by atoms with Gasteiger partial charge in [-0.3, -0.25) is 4.98 Å². The molecule has 0 radical (unpaired) electrons. The zero-order valence-corrected chi connectivity index (χ0v) is 13.5. The minimum Gasteiger partial charge on any atom is -0.497 e. The van der Waals surface area contributed by atoms with Crippen LogP contribution in [0, 0.1) is 6.92 Å². The summed E-state index contributed by atoms with van der Waals surface area (Å²) in [4.78, 5) is 16.1. The minimum atomic E-state index is -0.343. The molecule has 0 atom stereocenters. The Morgan fingerprint density at radius 1 is 1.22 bits per heavy atom.